The number of carbonyl (C=O) groups excluding carboxylic acids is 1. The smallest absolute Gasteiger partial charge is 0.316 e. The van der Waals surface area contributed by atoms with Crippen LogP contribution in [-0.4, -0.2) is 38.7 Å². The average molecular weight is 334 g/mol. The number of sulfonamides is 1. The molecule has 0 aromatic heterocycles. The number of carbonyl (C=O) groups is 1. The number of esters is 1. The molecule has 0 fully saturated rings. The quantitative estimate of drug-likeness (QED) is 0.344. The fraction of sp³-hybridized carbons (Fsp3) is 0.364. The molecular weight excluding hydrogens is 320 g/mol. The highest BCUT2D eigenvalue weighted by atomic mass is 32.2. The first-order valence-electron chi connectivity index (χ1n) is 5.82. The summed E-state index contributed by atoms with van der Waals surface area (Å²) in [4.78, 5) is 21.6. The summed E-state index contributed by atoms with van der Waals surface area (Å²) in [5.74, 6) is -0.587. The van der Waals surface area contributed by atoms with E-state index in [1.54, 1.807) is 6.92 Å². The van der Waals surface area contributed by atoms with Gasteiger partial charge in [-0.05, 0) is 26.1 Å². The van der Waals surface area contributed by atoms with Crippen LogP contribution < -0.4 is 4.72 Å². The molecule has 1 aromatic rings. The van der Waals surface area contributed by atoms with Crippen molar-refractivity contribution >= 4 is 33.4 Å². The van der Waals surface area contributed by atoms with Gasteiger partial charge in [0.25, 0.3) is 5.69 Å². The molecule has 8 nitrogen and oxygen atoms in total. The summed E-state index contributed by atoms with van der Waals surface area (Å²) >= 11 is 0.919. The lowest BCUT2D eigenvalue weighted by Gasteiger charge is -2.06. The van der Waals surface area contributed by atoms with Crippen LogP contribution in [0.4, 0.5) is 5.69 Å². The molecule has 0 amide bonds. The molecule has 0 saturated heterocycles. The average Bonchev–Trinajstić information content (AvgIpc) is 2.45. The topological polar surface area (TPSA) is 116 Å². The van der Waals surface area contributed by atoms with Crippen molar-refractivity contribution in [1.82, 2.24) is 4.72 Å². The van der Waals surface area contributed by atoms with Gasteiger partial charge in [-0.2, -0.15) is 0 Å². The Morgan fingerprint density at radius 2 is 2.14 bits per heavy atom. The minimum absolute atomic E-state index is 0.0905. The molecule has 1 aromatic carbocycles. The number of nitro groups is 1. The monoisotopic (exact) mass is 334 g/mol. The Morgan fingerprint density at radius 1 is 1.48 bits per heavy atom. The number of rotatable bonds is 7. The number of ether oxygens (including phenoxy) is 1. The number of thioether (sulfide) groups is 1. The van der Waals surface area contributed by atoms with Crippen LogP contribution >= 0.6 is 11.8 Å². The molecule has 0 aliphatic carbocycles. The van der Waals surface area contributed by atoms with E-state index in [9.17, 15) is 23.3 Å². The minimum atomic E-state index is -3.77. The van der Waals surface area contributed by atoms with Gasteiger partial charge in [0.2, 0.25) is 10.0 Å². The summed E-state index contributed by atoms with van der Waals surface area (Å²) in [6.45, 7) is 1.88. The van der Waals surface area contributed by atoms with E-state index in [4.69, 9.17) is 4.74 Å². The Kier molecular flexibility index (Phi) is 6.12. The van der Waals surface area contributed by atoms with Crippen molar-refractivity contribution in [2.24, 2.45) is 0 Å². The Labute approximate surface area is 126 Å². The van der Waals surface area contributed by atoms with E-state index in [1.807, 2.05) is 0 Å². The third kappa shape index (κ3) is 4.69. The lowest BCUT2D eigenvalue weighted by atomic mass is 10.3. The van der Waals surface area contributed by atoms with Crippen LogP contribution in [0.3, 0.4) is 0 Å². The molecule has 0 spiro atoms. The summed E-state index contributed by atoms with van der Waals surface area (Å²) in [5, 5.41) is 11.0. The number of hydrogen-bond donors (Lipinski definition) is 1. The molecule has 0 atom stereocenters. The van der Waals surface area contributed by atoms with Crippen molar-refractivity contribution in [3.63, 3.8) is 0 Å². The van der Waals surface area contributed by atoms with Gasteiger partial charge in [0.1, 0.15) is 0 Å². The van der Waals surface area contributed by atoms with Crippen molar-refractivity contribution < 1.29 is 22.9 Å². The molecule has 0 unspecified atom stereocenters. The fourth-order valence-electron chi connectivity index (χ4n) is 1.39. The number of nitrogens with one attached hydrogen (secondary N) is 1. The van der Waals surface area contributed by atoms with E-state index in [2.05, 4.69) is 4.72 Å². The Hall–Kier alpha value is -1.65. The van der Waals surface area contributed by atoms with E-state index in [0.717, 1.165) is 17.8 Å². The van der Waals surface area contributed by atoms with Crippen LogP contribution in [0.15, 0.2) is 28.0 Å². The van der Waals surface area contributed by atoms with E-state index < -0.39 is 20.9 Å². The zero-order valence-electron chi connectivity index (χ0n) is 11.4. The van der Waals surface area contributed by atoms with Gasteiger partial charge in [0, 0.05) is 6.07 Å². The normalized spacial score (nSPS) is 11.1. The third-order valence-electron chi connectivity index (χ3n) is 2.36. The third-order valence-corrected chi connectivity index (χ3v) is 4.81. The second kappa shape index (κ2) is 7.38. The summed E-state index contributed by atoms with van der Waals surface area (Å²) in [6, 6.07) is 3.50. The maximum Gasteiger partial charge on any atom is 0.316 e. The highest BCUT2D eigenvalue weighted by molar-refractivity contribution is 8.00. The lowest BCUT2D eigenvalue weighted by Crippen LogP contribution is -2.18. The van der Waals surface area contributed by atoms with Crippen LogP contribution in [0.25, 0.3) is 0 Å². The zero-order chi connectivity index (χ0) is 16.0. The Balaban J connectivity index is 3.06. The van der Waals surface area contributed by atoms with E-state index in [1.165, 1.54) is 19.2 Å². The molecule has 0 aliphatic heterocycles. The summed E-state index contributed by atoms with van der Waals surface area (Å²) in [6.07, 6.45) is 0. The minimum Gasteiger partial charge on any atom is -0.465 e. The van der Waals surface area contributed by atoms with Crippen LogP contribution in [0.1, 0.15) is 6.92 Å². The Morgan fingerprint density at radius 3 is 2.67 bits per heavy atom. The standard InChI is InChI=1S/C11H14N2O6S2/c1-3-19-11(14)7-20-10-5-4-8(21(17,18)12-2)6-9(10)13(15)16/h4-6,12H,3,7H2,1-2H3. The predicted molar refractivity (Wildman–Crippen MR) is 76.7 cm³/mol. The van der Waals surface area contributed by atoms with Crippen LogP contribution in [0.5, 0.6) is 0 Å². The van der Waals surface area contributed by atoms with Gasteiger partial charge in [-0.3, -0.25) is 14.9 Å². The maximum absolute atomic E-state index is 11.6. The van der Waals surface area contributed by atoms with Gasteiger partial charge in [-0.1, -0.05) is 0 Å². The zero-order valence-corrected chi connectivity index (χ0v) is 13.0. The largest absolute Gasteiger partial charge is 0.465 e. The van der Waals surface area contributed by atoms with Crippen LogP contribution in [-0.2, 0) is 19.6 Å². The van der Waals surface area contributed by atoms with E-state index >= 15 is 0 Å². The molecule has 10 heteroatoms. The Bertz CT molecular complexity index is 644. The highest BCUT2D eigenvalue weighted by Crippen LogP contribution is 2.31. The van der Waals surface area contributed by atoms with E-state index in [0.29, 0.717) is 0 Å². The van der Waals surface area contributed by atoms with Crippen molar-refractivity contribution in [2.75, 3.05) is 19.4 Å². The van der Waals surface area contributed by atoms with E-state index in [-0.39, 0.29) is 27.8 Å². The number of nitro benzene ring substituents is 1. The van der Waals surface area contributed by atoms with Crippen molar-refractivity contribution in [3.8, 4) is 0 Å². The molecule has 1 N–H and O–H groups in total. The second-order valence-corrected chi connectivity index (χ2v) is 6.59. The summed E-state index contributed by atoms with van der Waals surface area (Å²) in [7, 11) is -2.55. The summed E-state index contributed by atoms with van der Waals surface area (Å²) < 4.78 is 30.1. The van der Waals surface area contributed by atoms with Gasteiger partial charge < -0.3 is 4.74 Å². The molecule has 0 radical (unpaired) electrons. The van der Waals surface area contributed by atoms with Gasteiger partial charge in [0.15, 0.2) is 0 Å². The highest BCUT2D eigenvalue weighted by Gasteiger charge is 2.21. The molecule has 0 bridgehead atoms. The SMILES string of the molecule is CCOC(=O)CSc1ccc(S(=O)(=O)NC)cc1[N+](=O)[O-]. The van der Waals surface area contributed by atoms with Crippen molar-refractivity contribution in [2.45, 2.75) is 16.7 Å². The molecule has 0 heterocycles. The number of benzene rings is 1. The number of hydrogen-bond acceptors (Lipinski definition) is 7. The van der Waals surface area contributed by atoms with Crippen LogP contribution in [0, 0.1) is 10.1 Å². The number of nitrogens with zero attached hydrogens (tertiary/aromatic N) is 1. The van der Waals surface area contributed by atoms with Gasteiger partial charge >= 0.3 is 5.97 Å². The first kappa shape index (κ1) is 17.4. The molecular formula is C11H14N2O6S2. The first-order chi connectivity index (χ1) is 9.81. The second-order valence-electron chi connectivity index (χ2n) is 3.69. The lowest BCUT2D eigenvalue weighted by molar-refractivity contribution is -0.388. The van der Waals surface area contributed by atoms with Gasteiger partial charge in [-0.15, -0.1) is 11.8 Å². The molecule has 0 saturated carbocycles. The molecule has 1 rings (SSSR count). The fourth-order valence-corrected chi connectivity index (χ4v) is 2.94. The molecule has 116 valence electrons. The van der Waals surface area contributed by atoms with Gasteiger partial charge in [0.05, 0.1) is 27.1 Å². The first-order valence-corrected chi connectivity index (χ1v) is 8.29. The maximum atomic E-state index is 11.6. The predicted octanol–water partition coefficient (Wildman–Crippen LogP) is 1.16. The van der Waals surface area contributed by atoms with Crippen LogP contribution in [0.2, 0.25) is 0 Å². The van der Waals surface area contributed by atoms with Crippen molar-refractivity contribution in [3.05, 3.63) is 28.3 Å². The summed E-state index contributed by atoms with van der Waals surface area (Å²) in [5.41, 5.74) is -0.374. The van der Waals surface area contributed by atoms with Crippen molar-refractivity contribution in [1.29, 1.82) is 0 Å². The molecule has 0 aliphatic rings. The van der Waals surface area contributed by atoms with Gasteiger partial charge in [-0.25, -0.2) is 13.1 Å². The molecule has 21 heavy (non-hydrogen) atoms.